The molecule has 1 aromatic carbocycles. The molecule has 6 heteroatoms. The zero-order valence-electron chi connectivity index (χ0n) is 10.3. The number of hydrogen-bond donors (Lipinski definition) is 1. The van der Waals surface area contributed by atoms with Gasteiger partial charge in [-0.15, -0.1) is 0 Å². The molecule has 1 N–H and O–H groups in total. The van der Waals surface area contributed by atoms with Gasteiger partial charge in [-0.2, -0.15) is 5.10 Å². The summed E-state index contributed by atoms with van der Waals surface area (Å²) in [5.41, 5.74) is 1.58. The minimum Gasteiger partial charge on any atom is -0.438 e. The van der Waals surface area contributed by atoms with Crippen molar-refractivity contribution in [2.75, 3.05) is 0 Å². The van der Waals surface area contributed by atoms with E-state index in [1.807, 2.05) is 30.3 Å². The summed E-state index contributed by atoms with van der Waals surface area (Å²) in [4.78, 5) is 12.5. The normalized spacial score (nSPS) is 11.0. The predicted octanol–water partition coefficient (Wildman–Crippen LogP) is 2.69. The van der Waals surface area contributed by atoms with Gasteiger partial charge in [0.2, 0.25) is 5.88 Å². The molecule has 0 saturated carbocycles. The van der Waals surface area contributed by atoms with Crippen molar-refractivity contribution >= 4 is 21.9 Å². The van der Waals surface area contributed by atoms with Crippen LogP contribution in [0.15, 0.2) is 49.1 Å². The zero-order chi connectivity index (χ0) is 13.4. The molecule has 20 heavy (non-hydrogen) atoms. The lowest BCUT2D eigenvalue weighted by Gasteiger charge is -2.06. The topological polar surface area (TPSA) is 76.6 Å². The van der Waals surface area contributed by atoms with E-state index in [-0.39, 0.29) is 0 Å². The number of aromatic nitrogens is 5. The van der Waals surface area contributed by atoms with Gasteiger partial charge in [0, 0.05) is 11.6 Å². The highest BCUT2D eigenvalue weighted by molar-refractivity contribution is 5.81. The van der Waals surface area contributed by atoms with Crippen molar-refractivity contribution in [3.8, 4) is 11.6 Å². The Morgan fingerprint density at radius 1 is 1.05 bits per heavy atom. The maximum Gasteiger partial charge on any atom is 0.233 e. The first-order chi connectivity index (χ1) is 9.90. The molecule has 0 atom stereocenters. The van der Waals surface area contributed by atoms with Gasteiger partial charge in [-0.25, -0.2) is 9.97 Å². The molecule has 3 aromatic heterocycles. The number of nitrogens with one attached hydrogen (secondary N) is 1. The largest absolute Gasteiger partial charge is 0.438 e. The molecule has 0 unspecified atom stereocenters. The number of nitrogens with zero attached hydrogens (tertiary/aromatic N) is 4. The fourth-order valence-electron chi connectivity index (χ4n) is 2.05. The average Bonchev–Trinajstić information content (AvgIpc) is 2.97. The fraction of sp³-hybridized carbons (Fsp3) is 0. The second kappa shape index (κ2) is 4.27. The van der Waals surface area contributed by atoms with Gasteiger partial charge in [0.25, 0.3) is 0 Å². The van der Waals surface area contributed by atoms with E-state index in [1.165, 1.54) is 6.33 Å². The van der Waals surface area contributed by atoms with Gasteiger partial charge in [-0.3, -0.25) is 10.1 Å². The summed E-state index contributed by atoms with van der Waals surface area (Å²) >= 11 is 0. The highest BCUT2D eigenvalue weighted by Gasteiger charge is 2.08. The summed E-state index contributed by atoms with van der Waals surface area (Å²) in [6.45, 7) is 0. The molecule has 0 fully saturated rings. The van der Waals surface area contributed by atoms with Crippen LogP contribution in [-0.4, -0.2) is 25.1 Å². The van der Waals surface area contributed by atoms with Crippen LogP contribution in [0.2, 0.25) is 0 Å². The molecular formula is C14H9N5O. The molecule has 0 radical (unpaired) electrons. The molecule has 96 valence electrons. The number of pyridine rings is 1. The first-order valence-corrected chi connectivity index (χ1v) is 6.07. The molecule has 4 rings (SSSR count). The fourth-order valence-corrected chi connectivity index (χ4v) is 2.05. The number of aromatic amines is 1. The van der Waals surface area contributed by atoms with Crippen molar-refractivity contribution < 1.29 is 4.74 Å². The first-order valence-electron chi connectivity index (χ1n) is 6.07. The lowest BCUT2D eigenvalue weighted by molar-refractivity contribution is 0.469. The van der Waals surface area contributed by atoms with Crippen LogP contribution in [-0.2, 0) is 0 Å². The van der Waals surface area contributed by atoms with E-state index in [4.69, 9.17) is 4.74 Å². The second-order valence-corrected chi connectivity index (χ2v) is 4.27. The zero-order valence-corrected chi connectivity index (χ0v) is 10.3. The minimum atomic E-state index is 0.479. The highest BCUT2D eigenvalue weighted by Crippen LogP contribution is 2.27. The van der Waals surface area contributed by atoms with Gasteiger partial charge in [0.15, 0.2) is 5.65 Å². The molecule has 0 saturated heterocycles. The van der Waals surface area contributed by atoms with Crippen molar-refractivity contribution in [1.29, 1.82) is 0 Å². The van der Waals surface area contributed by atoms with Gasteiger partial charge >= 0.3 is 0 Å². The van der Waals surface area contributed by atoms with Crippen LogP contribution in [0.25, 0.3) is 21.9 Å². The van der Waals surface area contributed by atoms with E-state index >= 15 is 0 Å². The summed E-state index contributed by atoms with van der Waals surface area (Å²) < 4.78 is 5.82. The molecule has 0 aliphatic carbocycles. The van der Waals surface area contributed by atoms with E-state index < -0.39 is 0 Å². The Balaban J connectivity index is 1.78. The smallest absolute Gasteiger partial charge is 0.233 e. The Morgan fingerprint density at radius 2 is 2.05 bits per heavy atom. The summed E-state index contributed by atoms with van der Waals surface area (Å²) in [6.07, 6.45) is 4.86. The Hall–Kier alpha value is -3.02. The summed E-state index contributed by atoms with van der Waals surface area (Å²) in [6, 6.07) is 9.59. The molecule has 0 bridgehead atoms. The van der Waals surface area contributed by atoms with Crippen LogP contribution >= 0.6 is 0 Å². The number of H-pyrrole nitrogens is 1. The molecule has 0 aliphatic rings. The Morgan fingerprint density at radius 3 is 3.05 bits per heavy atom. The van der Waals surface area contributed by atoms with E-state index in [0.29, 0.717) is 17.3 Å². The number of benzene rings is 1. The van der Waals surface area contributed by atoms with Crippen LogP contribution in [0.3, 0.4) is 0 Å². The average molecular weight is 263 g/mol. The van der Waals surface area contributed by atoms with E-state index in [1.54, 1.807) is 12.4 Å². The first kappa shape index (κ1) is 10.9. The minimum absolute atomic E-state index is 0.479. The van der Waals surface area contributed by atoms with Crippen LogP contribution in [0, 0.1) is 0 Å². The molecule has 3 heterocycles. The van der Waals surface area contributed by atoms with Crippen molar-refractivity contribution in [2.45, 2.75) is 0 Å². The molecule has 6 nitrogen and oxygen atoms in total. The third kappa shape index (κ3) is 1.74. The summed E-state index contributed by atoms with van der Waals surface area (Å²) in [5, 5.41) is 8.49. The van der Waals surface area contributed by atoms with Crippen molar-refractivity contribution in [1.82, 2.24) is 25.1 Å². The van der Waals surface area contributed by atoms with E-state index in [9.17, 15) is 0 Å². The Bertz CT molecular complexity index is 902. The van der Waals surface area contributed by atoms with Crippen LogP contribution < -0.4 is 4.74 Å². The standard InChI is InChI=1S/C14H9N5O/c1-2-9-6-10(3-4-12(9)15-5-1)20-14-11-7-18-19-13(11)16-8-17-14/h1-8H,(H,16,17,18,19). The maximum absolute atomic E-state index is 5.82. The molecule has 0 aliphatic heterocycles. The van der Waals surface area contributed by atoms with E-state index in [2.05, 4.69) is 25.1 Å². The third-order valence-electron chi connectivity index (χ3n) is 3.00. The lowest BCUT2D eigenvalue weighted by atomic mass is 10.2. The second-order valence-electron chi connectivity index (χ2n) is 4.27. The molecule has 0 amide bonds. The van der Waals surface area contributed by atoms with Gasteiger partial charge < -0.3 is 4.74 Å². The highest BCUT2D eigenvalue weighted by atomic mass is 16.5. The van der Waals surface area contributed by atoms with Gasteiger partial charge in [0.05, 0.1) is 11.7 Å². The SMILES string of the molecule is c1cnc2ccc(Oc3ncnc4[nH]ncc34)cc2c1. The van der Waals surface area contributed by atoms with Crippen molar-refractivity contribution in [3.63, 3.8) is 0 Å². The maximum atomic E-state index is 5.82. The Labute approximate surface area is 113 Å². The number of ether oxygens (including phenoxy) is 1. The molecular weight excluding hydrogens is 254 g/mol. The lowest BCUT2D eigenvalue weighted by Crippen LogP contribution is -1.90. The summed E-state index contributed by atoms with van der Waals surface area (Å²) in [5.74, 6) is 1.18. The number of hydrogen-bond acceptors (Lipinski definition) is 5. The van der Waals surface area contributed by atoms with Crippen LogP contribution in [0.4, 0.5) is 0 Å². The number of fused-ring (bicyclic) bond motifs is 2. The quantitative estimate of drug-likeness (QED) is 0.601. The predicted molar refractivity (Wildman–Crippen MR) is 73.5 cm³/mol. The molecule has 4 aromatic rings. The van der Waals surface area contributed by atoms with E-state index in [0.717, 1.165) is 16.3 Å². The van der Waals surface area contributed by atoms with Crippen LogP contribution in [0.1, 0.15) is 0 Å². The van der Waals surface area contributed by atoms with Crippen molar-refractivity contribution in [2.24, 2.45) is 0 Å². The summed E-state index contributed by atoms with van der Waals surface area (Å²) in [7, 11) is 0. The monoisotopic (exact) mass is 263 g/mol. The van der Waals surface area contributed by atoms with Gasteiger partial charge in [0.1, 0.15) is 17.5 Å². The number of rotatable bonds is 2. The molecule has 0 spiro atoms. The third-order valence-corrected chi connectivity index (χ3v) is 3.00. The van der Waals surface area contributed by atoms with Crippen LogP contribution in [0.5, 0.6) is 11.6 Å². The van der Waals surface area contributed by atoms with Gasteiger partial charge in [-0.1, -0.05) is 6.07 Å². The van der Waals surface area contributed by atoms with Crippen molar-refractivity contribution in [3.05, 3.63) is 49.1 Å². The van der Waals surface area contributed by atoms with Gasteiger partial charge in [-0.05, 0) is 24.3 Å². The Kier molecular flexibility index (Phi) is 2.32.